The summed E-state index contributed by atoms with van der Waals surface area (Å²) in [6.45, 7) is 10.5. The highest BCUT2D eigenvalue weighted by Crippen LogP contribution is 2.31. The smallest absolute Gasteiger partial charge is 0.00479 e. The van der Waals surface area contributed by atoms with Gasteiger partial charge in [-0.15, -0.1) is 0 Å². The van der Waals surface area contributed by atoms with Crippen LogP contribution in [0.2, 0.25) is 0 Å². The van der Waals surface area contributed by atoms with Crippen LogP contribution in [-0.4, -0.2) is 0 Å². The molecule has 0 aliphatic carbocycles. The molecule has 1 heteroatoms. The molecular weight excluding hydrogens is 134 g/mol. The first kappa shape index (κ1) is 8.12. The predicted octanol–water partition coefficient (Wildman–Crippen LogP) is 2.59. The fraction of sp³-hybridized carbons (Fsp3) is 0.400. The average molecular weight is 149 g/mol. The quantitative estimate of drug-likeness (QED) is 0.558. The standard InChI is InChI=1S/C10H15N/c1-8-5-6-11-7-9(8)10(2,3)4/h5-7,11H,1H2,2-4H3. The molecule has 0 saturated carbocycles. The summed E-state index contributed by atoms with van der Waals surface area (Å²) in [7, 11) is 0. The molecule has 0 spiro atoms. The van der Waals surface area contributed by atoms with E-state index in [1.54, 1.807) is 0 Å². The molecule has 0 aromatic rings. The van der Waals surface area contributed by atoms with Crippen molar-refractivity contribution in [3.05, 3.63) is 36.2 Å². The van der Waals surface area contributed by atoms with E-state index in [0.717, 1.165) is 5.57 Å². The third kappa shape index (κ3) is 1.73. The van der Waals surface area contributed by atoms with Crippen LogP contribution in [0.25, 0.3) is 0 Å². The molecule has 0 aromatic carbocycles. The number of allylic oxidation sites excluding steroid dienone is 3. The fourth-order valence-corrected chi connectivity index (χ4v) is 1.16. The summed E-state index contributed by atoms with van der Waals surface area (Å²) in [6.07, 6.45) is 5.92. The van der Waals surface area contributed by atoms with Gasteiger partial charge in [0.2, 0.25) is 0 Å². The minimum Gasteiger partial charge on any atom is -0.367 e. The lowest BCUT2D eigenvalue weighted by Gasteiger charge is -2.25. The highest BCUT2D eigenvalue weighted by molar-refractivity contribution is 5.42. The van der Waals surface area contributed by atoms with E-state index in [4.69, 9.17) is 0 Å². The molecule has 1 aliphatic heterocycles. The minimum atomic E-state index is 0.189. The highest BCUT2D eigenvalue weighted by atomic mass is 14.8. The van der Waals surface area contributed by atoms with Crippen molar-refractivity contribution in [2.75, 3.05) is 0 Å². The van der Waals surface area contributed by atoms with E-state index in [9.17, 15) is 0 Å². The number of hydrogen-bond acceptors (Lipinski definition) is 1. The molecule has 0 unspecified atom stereocenters. The van der Waals surface area contributed by atoms with Gasteiger partial charge in [-0.25, -0.2) is 0 Å². The largest absolute Gasteiger partial charge is 0.367 e. The van der Waals surface area contributed by atoms with E-state index in [0.29, 0.717) is 0 Å². The van der Waals surface area contributed by atoms with Gasteiger partial charge in [0.25, 0.3) is 0 Å². The van der Waals surface area contributed by atoms with E-state index < -0.39 is 0 Å². The SMILES string of the molecule is C=C1C=CNC=C1C(C)(C)C. The molecule has 1 rings (SSSR count). The van der Waals surface area contributed by atoms with Gasteiger partial charge >= 0.3 is 0 Å². The first-order valence-electron chi connectivity index (χ1n) is 3.84. The molecule has 1 nitrogen and oxygen atoms in total. The van der Waals surface area contributed by atoms with Crippen LogP contribution in [-0.2, 0) is 0 Å². The Morgan fingerprint density at radius 2 is 2.00 bits per heavy atom. The van der Waals surface area contributed by atoms with E-state index in [1.807, 2.05) is 18.5 Å². The lowest BCUT2D eigenvalue weighted by molar-refractivity contribution is 0.508. The Morgan fingerprint density at radius 3 is 2.36 bits per heavy atom. The number of nitrogens with one attached hydrogen (secondary N) is 1. The van der Waals surface area contributed by atoms with Crippen molar-refractivity contribution in [3.8, 4) is 0 Å². The molecule has 1 heterocycles. The van der Waals surface area contributed by atoms with Crippen molar-refractivity contribution >= 4 is 0 Å². The molecule has 0 aromatic heterocycles. The molecule has 0 amide bonds. The number of rotatable bonds is 0. The molecule has 0 saturated heterocycles. The van der Waals surface area contributed by atoms with Gasteiger partial charge in [0.05, 0.1) is 0 Å². The molecule has 1 aliphatic rings. The van der Waals surface area contributed by atoms with Crippen molar-refractivity contribution in [1.82, 2.24) is 5.32 Å². The maximum Gasteiger partial charge on any atom is 0.00479 e. The van der Waals surface area contributed by atoms with Crippen molar-refractivity contribution < 1.29 is 0 Å². The minimum absolute atomic E-state index is 0.189. The van der Waals surface area contributed by atoms with Crippen LogP contribution in [0.3, 0.4) is 0 Å². The van der Waals surface area contributed by atoms with Gasteiger partial charge in [-0.1, -0.05) is 27.4 Å². The summed E-state index contributed by atoms with van der Waals surface area (Å²) in [4.78, 5) is 0. The topological polar surface area (TPSA) is 12.0 Å². The summed E-state index contributed by atoms with van der Waals surface area (Å²) in [6, 6.07) is 0. The third-order valence-electron chi connectivity index (χ3n) is 1.76. The summed E-state index contributed by atoms with van der Waals surface area (Å²) in [5.74, 6) is 0. The van der Waals surface area contributed by atoms with Crippen LogP contribution < -0.4 is 5.32 Å². The summed E-state index contributed by atoms with van der Waals surface area (Å²) >= 11 is 0. The Hall–Kier alpha value is -0.980. The van der Waals surface area contributed by atoms with Crippen LogP contribution in [0.1, 0.15) is 20.8 Å². The fourth-order valence-electron chi connectivity index (χ4n) is 1.16. The second-order valence-electron chi connectivity index (χ2n) is 3.83. The molecule has 0 radical (unpaired) electrons. The molecule has 0 atom stereocenters. The average Bonchev–Trinajstić information content (AvgIpc) is 1.86. The zero-order valence-electron chi connectivity index (χ0n) is 7.44. The van der Waals surface area contributed by atoms with E-state index in [2.05, 4.69) is 32.7 Å². The normalized spacial score (nSPS) is 17.7. The molecule has 60 valence electrons. The van der Waals surface area contributed by atoms with Crippen LogP contribution in [0.15, 0.2) is 36.2 Å². The number of hydrogen-bond donors (Lipinski definition) is 1. The zero-order valence-corrected chi connectivity index (χ0v) is 7.44. The van der Waals surface area contributed by atoms with Gasteiger partial charge in [-0.3, -0.25) is 0 Å². The summed E-state index contributed by atoms with van der Waals surface area (Å²) < 4.78 is 0. The van der Waals surface area contributed by atoms with E-state index in [1.165, 1.54) is 5.57 Å². The van der Waals surface area contributed by atoms with Crippen LogP contribution in [0, 0.1) is 5.41 Å². The van der Waals surface area contributed by atoms with E-state index in [-0.39, 0.29) is 5.41 Å². The summed E-state index contributed by atoms with van der Waals surface area (Å²) in [5, 5.41) is 3.07. The van der Waals surface area contributed by atoms with Crippen molar-refractivity contribution in [3.63, 3.8) is 0 Å². The first-order chi connectivity index (χ1) is 5.02. The maximum absolute atomic E-state index is 3.97. The molecule has 0 bridgehead atoms. The molecule has 11 heavy (non-hydrogen) atoms. The summed E-state index contributed by atoms with van der Waals surface area (Å²) in [5.41, 5.74) is 2.57. The Morgan fingerprint density at radius 1 is 1.36 bits per heavy atom. The lowest BCUT2D eigenvalue weighted by atomic mass is 9.82. The predicted molar refractivity (Wildman–Crippen MR) is 49.0 cm³/mol. The van der Waals surface area contributed by atoms with Gasteiger partial charge < -0.3 is 5.32 Å². The highest BCUT2D eigenvalue weighted by Gasteiger charge is 2.19. The van der Waals surface area contributed by atoms with Crippen molar-refractivity contribution in [2.45, 2.75) is 20.8 Å². The Bertz CT molecular complexity index is 226. The monoisotopic (exact) mass is 149 g/mol. The lowest BCUT2D eigenvalue weighted by Crippen LogP contribution is -2.15. The molecular formula is C10H15N. The van der Waals surface area contributed by atoms with Crippen LogP contribution in [0.5, 0.6) is 0 Å². The first-order valence-corrected chi connectivity index (χ1v) is 3.84. The van der Waals surface area contributed by atoms with E-state index >= 15 is 0 Å². The zero-order chi connectivity index (χ0) is 8.48. The van der Waals surface area contributed by atoms with Gasteiger partial charge in [0, 0.05) is 12.4 Å². The second kappa shape index (κ2) is 2.57. The van der Waals surface area contributed by atoms with Crippen molar-refractivity contribution in [1.29, 1.82) is 0 Å². The Kier molecular flexibility index (Phi) is 1.90. The van der Waals surface area contributed by atoms with Crippen molar-refractivity contribution in [2.24, 2.45) is 5.41 Å². The molecule has 1 N–H and O–H groups in total. The Balaban J connectivity index is 2.89. The van der Waals surface area contributed by atoms with Gasteiger partial charge in [0.1, 0.15) is 0 Å². The van der Waals surface area contributed by atoms with Gasteiger partial charge in [-0.2, -0.15) is 0 Å². The van der Waals surface area contributed by atoms with Crippen LogP contribution in [0.4, 0.5) is 0 Å². The van der Waals surface area contributed by atoms with Gasteiger partial charge in [-0.05, 0) is 22.6 Å². The second-order valence-corrected chi connectivity index (χ2v) is 3.83. The van der Waals surface area contributed by atoms with Crippen LogP contribution >= 0.6 is 0 Å². The van der Waals surface area contributed by atoms with Gasteiger partial charge in [0.15, 0.2) is 0 Å². The molecule has 0 fully saturated rings. The maximum atomic E-state index is 3.97. The Labute approximate surface area is 68.5 Å². The number of dihydropyridines is 1. The third-order valence-corrected chi connectivity index (χ3v) is 1.76.